The number of anilines is 2. The van der Waals surface area contributed by atoms with Crippen LogP contribution in [0.1, 0.15) is 23.2 Å². The van der Waals surface area contributed by atoms with Crippen LogP contribution in [0.4, 0.5) is 17.1 Å². The minimum absolute atomic E-state index is 0.0285. The summed E-state index contributed by atoms with van der Waals surface area (Å²) < 4.78 is 5.81. The van der Waals surface area contributed by atoms with E-state index < -0.39 is 10.8 Å². The average molecular weight is 556 g/mol. The molecular weight excluding hydrogens is 537 g/mol. The van der Waals surface area contributed by atoms with Crippen molar-refractivity contribution in [1.29, 1.82) is 0 Å². The number of hydrogen-bond donors (Lipinski definition) is 2. The van der Waals surface area contributed by atoms with Crippen molar-refractivity contribution in [2.75, 3.05) is 23.3 Å². The highest BCUT2D eigenvalue weighted by molar-refractivity contribution is 7.80. The maximum Gasteiger partial charge on any atom is 0.293 e. The summed E-state index contributed by atoms with van der Waals surface area (Å²) in [5, 5.41) is 18.0. The van der Waals surface area contributed by atoms with Gasteiger partial charge in [0.05, 0.1) is 9.95 Å². The number of nitrogens with zero attached hydrogens (tertiary/aromatic N) is 3. The lowest BCUT2D eigenvalue weighted by Gasteiger charge is -2.18. The third-order valence-electron chi connectivity index (χ3n) is 5.89. The SMILES string of the molecule is O=C(NC(=S)Nc1cccc(-c2nc3cc(Cl)cc(Cl)c3o2)c1)c1ccc(N2CCCC2)c([N+](=O)[O-])c1. The van der Waals surface area contributed by atoms with Gasteiger partial charge in [0.15, 0.2) is 10.7 Å². The number of nitro benzene ring substituents is 1. The molecular formula is C25H19Cl2N5O4S. The summed E-state index contributed by atoms with van der Waals surface area (Å²) in [5.74, 6) is -0.224. The van der Waals surface area contributed by atoms with Crippen LogP contribution >= 0.6 is 35.4 Å². The van der Waals surface area contributed by atoms with E-state index in [4.69, 9.17) is 39.8 Å². The fraction of sp³-hybridized carbons (Fsp3) is 0.160. The summed E-state index contributed by atoms with van der Waals surface area (Å²) in [7, 11) is 0. The van der Waals surface area contributed by atoms with Crippen molar-refractivity contribution in [2.45, 2.75) is 12.8 Å². The lowest BCUT2D eigenvalue weighted by Crippen LogP contribution is -2.34. The molecule has 12 heteroatoms. The first-order valence-electron chi connectivity index (χ1n) is 11.3. The molecule has 1 fully saturated rings. The summed E-state index contributed by atoms with van der Waals surface area (Å²) in [6.45, 7) is 1.51. The number of rotatable bonds is 5. The van der Waals surface area contributed by atoms with Gasteiger partial charge in [-0.05, 0) is 67.5 Å². The fourth-order valence-electron chi connectivity index (χ4n) is 4.19. The molecule has 5 rings (SSSR count). The predicted molar refractivity (Wildman–Crippen MR) is 148 cm³/mol. The van der Waals surface area contributed by atoms with Gasteiger partial charge in [-0.1, -0.05) is 29.3 Å². The van der Waals surface area contributed by atoms with Crippen LogP contribution in [0.25, 0.3) is 22.6 Å². The van der Waals surface area contributed by atoms with Crippen molar-refractivity contribution in [1.82, 2.24) is 10.3 Å². The van der Waals surface area contributed by atoms with E-state index >= 15 is 0 Å². The highest BCUT2D eigenvalue weighted by Gasteiger charge is 2.24. The molecule has 1 aliphatic heterocycles. The lowest BCUT2D eigenvalue weighted by molar-refractivity contribution is -0.384. The molecule has 0 saturated carbocycles. The van der Waals surface area contributed by atoms with Gasteiger partial charge in [-0.3, -0.25) is 20.2 Å². The molecule has 0 unspecified atom stereocenters. The average Bonchev–Trinajstić information content (AvgIpc) is 3.54. The molecule has 188 valence electrons. The molecule has 3 aromatic carbocycles. The molecule has 0 radical (unpaired) electrons. The Kier molecular flexibility index (Phi) is 6.96. The molecule has 9 nitrogen and oxygen atoms in total. The molecule has 4 aromatic rings. The largest absolute Gasteiger partial charge is 0.435 e. The van der Waals surface area contributed by atoms with Crippen LogP contribution in [-0.4, -0.2) is 34.0 Å². The quantitative estimate of drug-likeness (QED) is 0.164. The third-order valence-corrected chi connectivity index (χ3v) is 6.59. The number of aromatic nitrogens is 1. The summed E-state index contributed by atoms with van der Waals surface area (Å²) in [6.07, 6.45) is 1.96. The minimum atomic E-state index is -0.560. The first kappa shape index (κ1) is 24.9. The predicted octanol–water partition coefficient (Wildman–Crippen LogP) is 6.44. The van der Waals surface area contributed by atoms with Gasteiger partial charge in [0.1, 0.15) is 11.2 Å². The Bertz CT molecular complexity index is 1550. The number of nitro groups is 1. The number of carbonyl (C=O) groups is 1. The van der Waals surface area contributed by atoms with E-state index in [2.05, 4.69) is 15.6 Å². The van der Waals surface area contributed by atoms with Crippen molar-refractivity contribution in [2.24, 2.45) is 0 Å². The Morgan fingerprint density at radius 1 is 1.11 bits per heavy atom. The Morgan fingerprint density at radius 2 is 1.89 bits per heavy atom. The zero-order valence-corrected chi connectivity index (χ0v) is 21.5. The number of nitrogens with one attached hydrogen (secondary N) is 2. The smallest absolute Gasteiger partial charge is 0.293 e. The van der Waals surface area contributed by atoms with E-state index in [1.807, 2.05) is 4.90 Å². The monoisotopic (exact) mass is 555 g/mol. The topological polar surface area (TPSA) is 114 Å². The molecule has 1 amide bonds. The van der Waals surface area contributed by atoms with Crippen molar-refractivity contribution in [3.05, 3.63) is 80.3 Å². The molecule has 0 spiro atoms. The second kappa shape index (κ2) is 10.3. The number of oxazole rings is 1. The van der Waals surface area contributed by atoms with E-state index in [0.717, 1.165) is 25.9 Å². The highest BCUT2D eigenvalue weighted by atomic mass is 35.5. The van der Waals surface area contributed by atoms with Crippen LogP contribution < -0.4 is 15.5 Å². The molecule has 1 aromatic heterocycles. The molecule has 2 N–H and O–H groups in total. The van der Waals surface area contributed by atoms with Crippen molar-refractivity contribution in [3.63, 3.8) is 0 Å². The standard InChI is InChI=1S/C25H19Cl2N5O4S/c26-16-12-18(27)22-19(13-16)29-24(36-22)15-4-3-5-17(10-15)28-25(37)30-23(33)14-6-7-20(21(11-14)32(34)35)31-8-1-2-9-31/h3-7,10-13H,1-2,8-9H2,(H2,28,30,33,37). The third kappa shape index (κ3) is 5.36. The minimum Gasteiger partial charge on any atom is -0.435 e. The van der Waals surface area contributed by atoms with Gasteiger partial charge in [-0.15, -0.1) is 0 Å². The van der Waals surface area contributed by atoms with Gasteiger partial charge < -0.3 is 14.6 Å². The molecule has 0 atom stereocenters. The number of halogens is 2. The van der Waals surface area contributed by atoms with Crippen LogP contribution in [-0.2, 0) is 0 Å². The normalized spacial score (nSPS) is 13.1. The number of hydrogen-bond acceptors (Lipinski definition) is 7. The number of amides is 1. The fourth-order valence-corrected chi connectivity index (χ4v) is 4.92. The van der Waals surface area contributed by atoms with Gasteiger partial charge in [-0.2, -0.15) is 0 Å². The first-order valence-corrected chi connectivity index (χ1v) is 12.5. The summed E-state index contributed by atoms with van der Waals surface area (Å²) in [6, 6.07) is 14.7. The van der Waals surface area contributed by atoms with E-state index in [0.29, 0.717) is 44.0 Å². The summed E-state index contributed by atoms with van der Waals surface area (Å²) >= 11 is 17.5. The van der Waals surface area contributed by atoms with Crippen molar-refractivity contribution in [3.8, 4) is 11.5 Å². The number of benzene rings is 3. The lowest BCUT2D eigenvalue weighted by atomic mass is 10.1. The van der Waals surface area contributed by atoms with Crippen LogP contribution in [0, 0.1) is 10.1 Å². The number of carbonyl (C=O) groups excluding carboxylic acids is 1. The van der Waals surface area contributed by atoms with E-state index in [1.165, 1.54) is 6.07 Å². The Morgan fingerprint density at radius 3 is 2.65 bits per heavy atom. The van der Waals surface area contributed by atoms with E-state index in [-0.39, 0.29) is 16.4 Å². The molecule has 0 aliphatic carbocycles. The zero-order chi connectivity index (χ0) is 26.1. The van der Waals surface area contributed by atoms with Gasteiger partial charge in [-0.25, -0.2) is 4.98 Å². The molecule has 1 saturated heterocycles. The molecule has 2 heterocycles. The highest BCUT2D eigenvalue weighted by Crippen LogP contribution is 2.33. The maximum atomic E-state index is 12.8. The Labute approximate surface area is 226 Å². The molecule has 0 bridgehead atoms. The van der Waals surface area contributed by atoms with Crippen LogP contribution in [0.2, 0.25) is 10.0 Å². The summed E-state index contributed by atoms with van der Waals surface area (Å²) in [4.78, 5) is 30.3. The number of fused-ring (bicyclic) bond motifs is 1. The van der Waals surface area contributed by atoms with Crippen LogP contribution in [0.5, 0.6) is 0 Å². The molecule has 1 aliphatic rings. The van der Waals surface area contributed by atoms with Crippen molar-refractivity contribution < 1.29 is 14.1 Å². The Hall–Kier alpha value is -3.73. The van der Waals surface area contributed by atoms with E-state index in [1.54, 1.807) is 48.5 Å². The molecule has 37 heavy (non-hydrogen) atoms. The summed E-state index contributed by atoms with van der Waals surface area (Å²) in [5.41, 5.74) is 2.71. The van der Waals surface area contributed by atoms with Gasteiger partial charge in [0.25, 0.3) is 11.6 Å². The van der Waals surface area contributed by atoms with Gasteiger partial charge >= 0.3 is 0 Å². The van der Waals surface area contributed by atoms with E-state index in [9.17, 15) is 14.9 Å². The van der Waals surface area contributed by atoms with Gasteiger partial charge in [0, 0.05) is 41.0 Å². The van der Waals surface area contributed by atoms with Crippen LogP contribution in [0.15, 0.2) is 59.0 Å². The maximum absolute atomic E-state index is 12.8. The van der Waals surface area contributed by atoms with Gasteiger partial charge in [0.2, 0.25) is 5.89 Å². The van der Waals surface area contributed by atoms with Crippen LogP contribution in [0.3, 0.4) is 0 Å². The first-order chi connectivity index (χ1) is 17.8. The number of thiocarbonyl (C=S) groups is 1. The second-order valence-electron chi connectivity index (χ2n) is 8.40. The Balaban J connectivity index is 1.30. The zero-order valence-electron chi connectivity index (χ0n) is 19.2. The van der Waals surface area contributed by atoms with Crippen molar-refractivity contribution >= 4 is 74.6 Å². The second-order valence-corrected chi connectivity index (χ2v) is 9.65.